The fourth-order valence-corrected chi connectivity index (χ4v) is 3.59. The molecule has 7 heteroatoms. The van der Waals surface area contributed by atoms with E-state index in [1.54, 1.807) is 11.8 Å². The quantitative estimate of drug-likeness (QED) is 0.858. The van der Waals surface area contributed by atoms with Crippen LogP contribution in [-0.2, 0) is 20.9 Å². The van der Waals surface area contributed by atoms with Gasteiger partial charge in [0.25, 0.3) is 0 Å². The molecule has 2 saturated heterocycles. The van der Waals surface area contributed by atoms with Crippen molar-refractivity contribution in [2.24, 2.45) is 0 Å². The number of likely N-dealkylation sites (tertiary alicyclic amines) is 1. The second kappa shape index (κ2) is 7.13. The summed E-state index contributed by atoms with van der Waals surface area (Å²) in [6.45, 7) is 2.88. The zero-order valence-electron chi connectivity index (χ0n) is 14.3. The normalized spacial score (nSPS) is 23.4. The van der Waals surface area contributed by atoms with Gasteiger partial charge >= 0.3 is 6.09 Å². The van der Waals surface area contributed by atoms with Crippen molar-refractivity contribution in [1.82, 2.24) is 15.5 Å². The molecule has 0 saturated carbocycles. The highest BCUT2D eigenvalue weighted by molar-refractivity contribution is 5.95. The van der Waals surface area contributed by atoms with Gasteiger partial charge in [-0.2, -0.15) is 0 Å². The van der Waals surface area contributed by atoms with Crippen LogP contribution < -0.4 is 10.6 Å². The predicted octanol–water partition coefficient (Wildman–Crippen LogP) is 1.18. The van der Waals surface area contributed by atoms with Crippen LogP contribution in [0.1, 0.15) is 31.7 Å². The molecular weight excluding hydrogens is 322 g/mol. The van der Waals surface area contributed by atoms with Gasteiger partial charge in [-0.1, -0.05) is 30.3 Å². The number of rotatable bonds is 4. The molecule has 2 aliphatic rings. The first-order valence-electron chi connectivity index (χ1n) is 8.60. The summed E-state index contributed by atoms with van der Waals surface area (Å²) >= 11 is 0. The van der Waals surface area contributed by atoms with Gasteiger partial charge in [-0.3, -0.25) is 9.59 Å². The molecule has 25 heavy (non-hydrogen) atoms. The SMILES string of the molecule is CC(NC(=O)OCc1ccccc1)C(=O)N1CCCC12CCNC2=O. The van der Waals surface area contributed by atoms with E-state index in [2.05, 4.69) is 10.6 Å². The second-order valence-corrected chi connectivity index (χ2v) is 6.56. The van der Waals surface area contributed by atoms with Crippen molar-refractivity contribution >= 4 is 17.9 Å². The molecule has 2 heterocycles. The average molecular weight is 345 g/mol. The maximum Gasteiger partial charge on any atom is 0.408 e. The second-order valence-electron chi connectivity index (χ2n) is 6.56. The summed E-state index contributed by atoms with van der Waals surface area (Å²) in [5.74, 6) is -0.330. The average Bonchev–Trinajstić information content (AvgIpc) is 3.21. The third-order valence-corrected chi connectivity index (χ3v) is 4.92. The highest BCUT2D eigenvalue weighted by atomic mass is 16.5. The molecule has 2 N–H and O–H groups in total. The molecule has 1 aromatic rings. The maximum absolute atomic E-state index is 12.7. The molecule has 2 fully saturated rings. The van der Waals surface area contributed by atoms with Gasteiger partial charge in [0.05, 0.1) is 0 Å². The molecule has 0 aromatic heterocycles. The van der Waals surface area contributed by atoms with Crippen molar-refractivity contribution < 1.29 is 19.1 Å². The van der Waals surface area contributed by atoms with Gasteiger partial charge in [0.15, 0.2) is 0 Å². The number of nitrogens with one attached hydrogen (secondary N) is 2. The van der Waals surface area contributed by atoms with Crippen molar-refractivity contribution in [3.05, 3.63) is 35.9 Å². The van der Waals surface area contributed by atoms with Crippen LogP contribution in [0, 0.1) is 0 Å². The van der Waals surface area contributed by atoms with E-state index in [1.165, 1.54) is 0 Å². The summed E-state index contributed by atoms with van der Waals surface area (Å²) in [5, 5.41) is 5.37. The van der Waals surface area contributed by atoms with E-state index in [0.717, 1.165) is 12.0 Å². The standard InChI is InChI=1S/C18H23N3O4/c1-13(20-17(24)25-12-14-6-3-2-4-7-14)15(22)21-11-5-8-18(21)9-10-19-16(18)23/h2-4,6-7,13H,5,8-12H2,1H3,(H,19,23)(H,20,24). The molecule has 3 amide bonds. The number of hydrogen-bond donors (Lipinski definition) is 2. The Morgan fingerprint density at radius 2 is 2.08 bits per heavy atom. The van der Waals surface area contributed by atoms with Crippen LogP contribution in [0.3, 0.4) is 0 Å². The van der Waals surface area contributed by atoms with Gasteiger partial charge < -0.3 is 20.3 Å². The molecular formula is C18H23N3O4. The fraction of sp³-hybridized carbons (Fsp3) is 0.500. The van der Waals surface area contributed by atoms with Crippen molar-refractivity contribution in [3.63, 3.8) is 0 Å². The third-order valence-electron chi connectivity index (χ3n) is 4.92. The minimum Gasteiger partial charge on any atom is -0.445 e. The number of nitrogens with zero attached hydrogens (tertiary/aromatic N) is 1. The Morgan fingerprint density at radius 3 is 2.76 bits per heavy atom. The van der Waals surface area contributed by atoms with Crippen LogP contribution in [0.2, 0.25) is 0 Å². The van der Waals surface area contributed by atoms with Crippen LogP contribution in [0.4, 0.5) is 4.79 Å². The van der Waals surface area contributed by atoms with Gasteiger partial charge in [-0.15, -0.1) is 0 Å². The van der Waals surface area contributed by atoms with Crippen LogP contribution in [-0.4, -0.2) is 47.5 Å². The van der Waals surface area contributed by atoms with Crippen molar-refractivity contribution in [2.45, 2.75) is 44.4 Å². The lowest BCUT2D eigenvalue weighted by Gasteiger charge is -2.34. The highest BCUT2D eigenvalue weighted by Crippen LogP contribution is 2.35. The molecule has 134 valence electrons. The summed E-state index contributed by atoms with van der Waals surface area (Å²) < 4.78 is 5.15. The Balaban J connectivity index is 1.55. The molecule has 7 nitrogen and oxygen atoms in total. The Hall–Kier alpha value is -2.57. The largest absolute Gasteiger partial charge is 0.445 e. The smallest absolute Gasteiger partial charge is 0.408 e. The summed E-state index contributed by atoms with van der Waals surface area (Å²) in [6, 6.07) is 8.58. The lowest BCUT2D eigenvalue weighted by atomic mass is 9.94. The number of benzene rings is 1. The van der Waals surface area contributed by atoms with Gasteiger partial charge in [-0.05, 0) is 31.7 Å². The topological polar surface area (TPSA) is 87.7 Å². The van der Waals surface area contributed by atoms with Crippen molar-refractivity contribution in [3.8, 4) is 0 Å². The van der Waals surface area contributed by atoms with Crippen LogP contribution in [0.5, 0.6) is 0 Å². The number of carbonyl (C=O) groups excluding carboxylic acids is 3. The fourth-order valence-electron chi connectivity index (χ4n) is 3.59. The van der Waals surface area contributed by atoms with Crippen molar-refractivity contribution in [2.75, 3.05) is 13.1 Å². The zero-order valence-corrected chi connectivity index (χ0v) is 14.3. The number of hydrogen-bond acceptors (Lipinski definition) is 4. The Kier molecular flexibility index (Phi) is 4.92. The van der Waals surface area contributed by atoms with Crippen LogP contribution in [0.25, 0.3) is 0 Å². The summed E-state index contributed by atoms with van der Waals surface area (Å²) in [7, 11) is 0. The molecule has 0 bridgehead atoms. The van der Waals surface area contributed by atoms with E-state index < -0.39 is 17.7 Å². The zero-order chi connectivity index (χ0) is 17.9. The Labute approximate surface area is 146 Å². The van der Waals surface area contributed by atoms with E-state index in [4.69, 9.17) is 4.74 Å². The lowest BCUT2D eigenvalue weighted by molar-refractivity contribution is -0.143. The van der Waals surface area contributed by atoms with Crippen molar-refractivity contribution in [1.29, 1.82) is 0 Å². The molecule has 2 unspecified atom stereocenters. The predicted molar refractivity (Wildman–Crippen MR) is 90.5 cm³/mol. The van der Waals surface area contributed by atoms with Crippen LogP contribution >= 0.6 is 0 Å². The molecule has 3 rings (SSSR count). The van der Waals surface area contributed by atoms with E-state index >= 15 is 0 Å². The van der Waals surface area contributed by atoms with Crippen LogP contribution in [0.15, 0.2) is 30.3 Å². The van der Waals surface area contributed by atoms with E-state index in [1.807, 2.05) is 30.3 Å². The minimum atomic E-state index is -0.744. The molecule has 2 atom stereocenters. The number of ether oxygens (including phenoxy) is 1. The van der Waals surface area contributed by atoms with Gasteiger partial charge in [-0.25, -0.2) is 4.79 Å². The molecule has 0 aliphatic carbocycles. The maximum atomic E-state index is 12.7. The molecule has 1 spiro atoms. The highest BCUT2D eigenvalue weighted by Gasteiger charge is 2.52. The Bertz CT molecular complexity index is 660. The van der Waals surface area contributed by atoms with E-state index in [9.17, 15) is 14.4 Å². The molecule has 0 radical (unpaired) electrons. The third kappa shape index (κ3) is 3.45. The van der Waals surface area contributed by atoms with Gasteiger partial charge in [0, 0.05) is 13.1 Å². The first kappa shape index (κ1) is 17.3. The van der Waals surface area contributed by atoms with E-state index in [-0.39, 0.29) is 18.4 Å². The first-order valence-corrected chi connectivity index (χ1v) is 8.60. The van der Waals surface area contributed by atoms with E-state index in [0.29, 0.717) is 25.9 Å². The minimum absolute atomic E-state index is 0.0859. The molecule has 2 aliphatic heterocycles. The van der Waals surface area contributed by atoms with Gasteiger partial charge in [0.2, 0.25) is 11.8 Å². The summed E-state index contributed by atoms with van der Waals surface area (Å²) in [5.41, 5.74) is 0.138. The number of amides is 3. The summed E-state index contributed by atoms with van der Waals surface area (Å²) in [6.07, 6.45) is 1.46. The molecule has 1 aromatic carbocycles. The Morgan fingerprint density at radius 1 is 1.32 bits per heavy atom. The number of carbonyl (C=O) groups is 3. The number of alkyl carbamates (subject to hydrolysis) is 1. The first-order chi connectivity index (χ1) is 12.0. The monoisotopic (exact) mass is 345 g/mol. The summed E-state index contributed by atoms with van der Waals surface area (Å²) in [4.78, 5) is 38.5. The lowest BCUT2D eigenvalue weighted by Crippen LogP contribution is -2.57. The van der Waals surface area contributed by atoms with Gasteiger partial charge in [0.1, 0.15) is 18.2 Å².